The van der Waals surface area contributed by atoms with E-state index in [0.717, 1.165) is 38.0 Å². The molecule has 1 aliphatic heterocycles. The van der Waals surface area contributed by atoms with E-state index in [1.54, 1.807) is 0 Å². The van der Waals surface area contributed by atoms with Crippen molar-refractivity contribution in [1.29, 1.82) is 0 Å². The lowest BCUT2D eigenvalue weighted by Gasteiger charge is -2.33. The molecule has 1 fully saturated rings. The van der Waals surface area contributed by atoms with E-state index >= 15 is 0 Å². The molecule has 0 saturated carbocycles. The van der Waals surface area contributed by atoms with Crippen LogP contribution in [0.15, 0.2) is 30.3 Å². The molecule has 0 spiro atoms. The highest BCUT2D eigenvalue weighted by Crippen LogP contribution is 2.17. The van der Waals surface area contributed by atoms with E-state index in [0.29, 0.717) is 6.04 Å². The van der Waals surface area contributed by atoms with Crippen LogP contribution in [0.5, 0.6) is 0 Å². The van der Waals surface area contributed by atoms with Crippen molar-refractivity contribution in [2.75, 3.05) is 26.2 Å². The standard InChI is InChI=1S/C16H22N2O/c1-2-10-18-11-8-15(9-12-18)17-16(13-19)14-6-4-3-5-7-14/h1,3-7,15-17,19H,8-13H2/t16-/m1/s1. The first-order valence-corrected chi connectivity index (χ1v) is 6.91. The van der Waals surface area contributed by atoms with Gasteiger partial charge in [0.25, 0.3) is 0 Å². The Balaban J connectivity index is 1.86. The molecule has 0 bridgehead atoms. The Labute approximate surface area is 115 Å². The summed E-state index contributed by atoms with van der Waals surface area (Å²) in [5, 5.41) is 13.1. The number of aliphatic hydroxyl groups is 1. The number of aliphatic hydroxyl groups excluding tert-OH is 1. The Morgan fingerprint density at radius 2 is 2.00 bits per heavy atom. The third kappa shape index (κ3) is 4.07. The van der Waals surface area contributed by atoms with Gasteiger partial charge < -0.3 is 10.4 Å². The van der Waals surface area contributed by atoms with E-state index in [1.807, 2.05) is 18.2 Å². The first-order valence-electron chi connectivity index (χ1n) is 6.91. The number of nitrogens with zero attached hydrogens (tertiary/aromatic N) is 1. The first-order chi connectivity index (χ1) is 9.33. The molecular weight excluding hydrogens is 236 g/mol. The molecule has 2 rings (SSSR count). The molecule has 1 heterocycles. The van der Waals surface area contributed by atoms with Crippen molar-refractivity contribution in [3.05, 3.63) is 35.9 Å². The summed E-state index contributed by atoms with van der Waals surface area (Å²) in [6, 6.07) is 10.6. The number of likely N-dealkylation sites (tertiary alicyclic amines) is 1. The molecule has 102 valence electrons. The summed E-state index contributed by atoms with van der Waals surface area (Å²) in [7, 11) is 0. The molecular formula is C16H22N2O. The zero-order valence-corrected chi connectivity index (χ0v) is 11.3. The monoisotopic (exact) mass is 258 g/mol. The minimum atomic E-state index is 0.0328. The average molecular weight is 258 g/mol. The summed E-state index contributed by atoms with van der Waals surface area (Å²) >= 11 is 0. The summed E-state index contributed by atoms with van der Waals surface area (Å²) in [4.78, 5) is 2.30. The fraction of sp³-hybridized carbons (Fsp3) is 0.500. The maximum absolute atomic E-state index is 9.55. The Bertz CT molecular complexity index is 405. The van der Waals surface area contributed by atoms with Gasteiger partial charge in [-0.25, -0.2) is 0 Å². The zero-order valence-electron chi connectivity index (χ0n) is 11.3. The average Bonchev–Trinajstić information content (AvgIpc) is 2.48. The molecule has 19 heavy (non-hydrogen) atoms. The number of rotatable bonds is 5. The van der Waals surface area contributed by atoms with Crippen LogP contribution >= 0.6 is 0 Å². The topological polar surface area (TPSA) is 35.5 Å². The van der Waals surface area contributed by atoms with Gasteiger partial charge in [0.2, 0.25) is 0 Å². The molecule has 0 unspecified atom stereocenters. The Morgan fingerprint density at radius 1 is 1.32 bits per heavy atom. The summed E-state index contributed by atoms with van der Waals surface area (Å²) in [5.41, 5.74) is 1.15. The predicted molar refractivity (Wildman–Crippen MR) is 77.7 cm³/mol. The van der Waals surface area contributed by atoms with Crippen molar-refractivity contribution in [3.63, 3.8) is 0 Å². The fourth-order valence-corrected chi connectivity index (χ4v) is 2.61. The molecule has 2 N–H and O–H groups in total. The summed E-state index contributed by atoms with van der Waals surface area (Å²) in [6.45, 7) is 2.95. The number of terminal acetylenes is 1. The number of nitrogens with one attached hydrogen (secondary N) is 1. The molecule has 0 amide bonds. The van der Waals surface area contributed by atoms with Gasteiger partial charge in [0, 0.05) is 19.1 Å². The van der Waals surface area contributed by atoms with E-state index < -0.39 is 0 Å². The van der Waals surface area contributed by atoms with Crippen LogP contribution < -0.4 is 5.32 Å². The lowest BCUT2D eigenvalue weighted by atomic mass is 10.0. The Hall–Kier alpha value is -1.34. The van der Waals surface area contributed by atoms with Crippen molar-refractivity contribution in [1.82, 2.24) is 10.2 Å². The molecule has 1 aromatic rings. The van der Waals surface area contributed by atoms with E-state index in [2.05, 4.69) is 28.3 Å². The molecule has 3 heteroatoms. The molecule has 1 atom stereocenters. The molecule has 0 aromatic heterocycles. The summed E-state index contributed by atoms with van der Waals surface area (Å²) in [5.74, 6) is 2.70. The number of hydrogen-bond donors (Lipinski definition) is 2. The van der Waals surface area contributed by atoms with Crippen LogP contribution in [0, 0.1) is 12.3 Å². The lowest BCUT2D eigenvalue weighted by Crippen LogP contribution is -2.44. The maximum atomic E-state index is 9.55. The molecule has 1 aliphatic rings. The van der Waals surface area contributed by atoms with Gasteiger partial charge >= 0.3 is 0 Å². The minimum Gasteiger partial charge on any atom is -0.394 e. The summed E-state index contributed by atoms with van der Waals surface area (Å²) in [6.07, 6.45) is 7.51. The van der Waals surface area contributed by atoms with Gasteiger partial charge in [-0.2, -0.15) is 0 Å². The second-order valence-electron chi connectivity index (χ2n) is 5.07. The predicted octanol–water partition coefficient (Wildman–Crippen LogP) is 1.41. The van der Waals surface area contributed by atoms with Gasteiger partial charge in [-0.05, 0) is 18.4 Å². The van der Waals surface area contributed by atoms with Crippen LogP contribution in [-0.2, 0) is 0 Å². The van der Waals surface area contributed by atoms with Crippen LogP contribution in [0.1, 0.15) is 24.4 Å². The largest absolute Gasteiger partial charge is 0.394 e. The minimum absolute atomic E-state index is 0.0328. The van der Waals surface area contributed by atoms with Crippen molar-refractivity contribution < 1.29 is 5.11 Å². The van der Waals surface area contributed by atoms with E-state index in [9.17, 15) is 5.11 Å². The van der Waals surface area contributed by atoms with Gasteiger partial charge in [-0.15, -0.1) is 6.42 Å². The second kappa shape index (κ2) is 7.30. The van der Waals surface area contributed by atoms with Gasteiger partial charge in [0.15, 0.2) is 0 Å². The van der Waals surface area contributed by atoms with Crippen molar-refractivity contribution >= 4 is 0 Å². The first kappa shape index (κ1) is 14.1. The van der Waals surface area contributed by atoms with Crippen LogP contribution in [0.4, 0.5) is 0 Å². The number of hydrogen-bond acceptors (Lipinski definition) is 3. The maximum Gasteiger partial charge on any atom is 0.0626 e. The quantitative estimate of drug-likeness (QED) is 0.784. The Kier molecular flexibility index (Phi) is 5.41. The van der Waals surface area contributed by atoms with E-state index in [-0.39, 0.29) is 12.6 Å². The molecule has 1 aromatic carbocycles. The molecule has 0 aliphatic carbocycles. The third-order valence-corrected chi connectivity index (χ3v) is 3.72. The fourth-order valence-electron chi connectivity index (χ4n) is 2.61. The highest BCUT2D eigenvalue weighted by Gasteiger charge is 2.21. The molecule has 3 nitrogen and oxygen atoms in total. The van der Waals surface area contributed by atoms with Crippen LogP contribution in [0.2, 0.25) is 0 Å². The second-order valence-corrected chi connectivity index (χ2v) is 5.07. The highest BCUT2D eigenvalue weighted by molar-refractivity contribution is 5.19. The zero-order chi connectivity index (χ0) is 13.5. The third-order valence-electron chi connectivity index (χ3n) is 3.72. The van der Waals surface area contributed by atoms with Crippen molar-refractivity contribution in [3.8, 4) is 12.3 Å². The van der Waals surface area contributed by atoms with Gasteiger partial charge in [-0.1, -0.05) is 36.3 Å². The Morgan fingerprint density at radius 3 is 2.58 bits per heavy atom. The van der Waals surface area contributed by atoms with Crippen molar-refractivity contribution in [2.45, 2.75) is 24.9 Å². The van der Waals surface area contributed by atoms with Gasteiger partial charge in [0.1, 0.15) is 0 Å². The number of benzene rings is 1. The van der Waals surface area contributed by atoms with Crippen LogP contribution in [0.25, 0.3) is 0 Å². The highest BCUT2D eigenvalue weighted by atomic mass is 16.3. The van der Waals surface area contributed by atoms with Gasteiger partial charge in [0.05, 0.1) is 19.2 Å². The van der Waals surface area contributed by atoms with E-state index in [1.165, 1.54) is 0 Å². The lowest BCUT2D eigenvalue weighted by molar-refractivity contribution is 0.183. The summed E-state index contributed by atoms with van der Waals surface area (Å²) < 4.78 is 0. The van der Waals surface area contributed by atoms with Crippen LogP contribution in [-0.4, -0.2) is 42.3 Å². The van der Waals surface area contributed by atoms with Crippen LogP contribution in [0.3, 0.4) is 0 Å². The normalized spacial score (nSPS) is 18.9. The SMILES string of the molecule is C#CCN1CCC(N[C@H](CO)c2ccccc2)CC1. The molecule has 0 radical (unpaired) electrons. The van der Waals surface area contributed by atoms with Gasteiger partial charge in [-0.3, -0.25) is 4.90 Å². The molecule has 1 saturated heterocycles. The smallest absolute Gasteiger partial charge is 0.0626 e. The van der Waals surface area contributed by atoms with E-state index in [4.69, 9.17) is 6.42 Å². The van der Waals surface area contributed by atoms with Crippen molar-refractivity contribution in [2.24, 2.45) is 0 Å². The number of piperidine rings is 1.